The van der Waals surface area contributed by atoms with E-state index in [0.29, 0.717) is 24.7 Å². The zero-order chi connectivity index (χ0) is 26.0. The first kappa shape index (κ1) is 25.4. The quantitative estimate of drug-likeness (QED) is 0.269. The average Bonchev–Trinajstić information content (AvgIpc) is 3.39. The summed E-state index contributed by atoms with van der Waals surface area (Å²) in [7, 11) is 1.84. The van der Waals surface area contributed by atoms with E-state index in [1.54, 1.807) is 23.1 Å². The Morgan fingerprint density at radius 1 is 1.22 bits per heavy atom. The highest BCUT2D eigenvalue weighted by molar-refractivity contribution is 7.20. The zero-order valence-corrected chi connectivity index (χ0v) is 20.7. The van der Waals surface area contributed by atoms with Gasteiger partial charge < -0.3 is 21.5 Å². The van der Waals surface area contributed by atoms with Crippen molar-refractivity contribution in [3.8, 4) is 10.4 Å². The van der Waals surface area contributed by atoms with Gasteiger partial charge in [0.15, 0.2) is 0 Å². The van der Waals surface area contributed by atoms with E-state index in [0.717, 1.165) is 29.0 Å². The molecular weight excluding hydrogens is 488 g/mol. The third kappa shape index (κ3) is 5.73. The second-order valence-electron chi connectivity index (χ2n) is 8.70. The number of benzene rings is 1. The number of primary amides is 1. The SMILES string of the molecule is Cn1cc(CNCc2nccc(Nc3sc(-c4c(F)cc(C(C)(C)O)cc4F)cc3C(N)=O)n2)cn1. The number of carbonyl (C=O) groups is 1. The number of nitrogens with two attached hydrogens (primary N) is 1. The number of halogens is 2. The van der Waals surface area contributed by atoms with Gasteiger partial charge in [-0.3, -0.25) is 9.48 Å². The molecule has 9 nitrogen and oxygen atoms in total. The van der Waals surface area contributed by atoms with Crippen molar-refractivity contribution < 1.29 is 18.7 Å². The molecule has 0 atom stereocenters. The minimum Gasteiger partial charge on any atom is -0.386 e. The highest BCUT2D eigenvalue weighted by Crippen LogP contribution is 2.40. The summed E-state index contributed by atoms with van der Waals surface area (Å²) in [6.07, 6.45) is 5.22. The molecule has 0 spiro atoms. The largest absolute Gasteiger partial charge is 0.386 e. The summed E-state index contributed by atoms with van der Waals surface area (Å²) in [6, 6.07) is 5.08. The summed E-state index contributed by atoms with van der Waals surface area (Å²) in [6.45, 7) is 3.83. The van der Waals surface area contributed by atoms with Crippen molar-refractivity contribution in [3.63, 3.8) is 0 Å². The molecular formula is C24H25F2N7O2S. The predicted octanol–water partition coefficient (Wildman–Crippen LogP) is 3.58. The number of nitrogens with zero attached hydrogens (tertiary/aromatic N) is 4. The Hall–Kier alpha value is -3.74. The molecule has 36 heavy (non-hydrogen) atoms. The van der Waals surface area contributed by atoms with Gasteiger partial charge in [0.2, 0.25) is 0 Å². The van der Waals surface area contributed by atoms with Crippen LogP contribution in [0.1, 0.15) is 41.2 Å². The van der Waals surface area contributed by atoms with Gasteiger partial charge in [-0.05, 0) is 43.7 Å². The van der Waals surface area contributed by atoms with Crippen LogP contribution in [0, 0.1) is 11.6 Å². The monoisotopic (exact) mass is 513 g/mol. The van der Waals surface area contributed by atoms with Crippen molar-refractivity contribution in [1.29, 1.82) is 0 Å². The Bertz CT molecular complexity index is 1390. The number of carbonyl (C=O) groups excluding carboxylic acids is 1. The summed E-state index contributed by atoms with van der Waals surface area (Å²) in [5.41, 5.74) is 4.97. The van der Waals surface area contributed by atoms with Crippen molar-refractivity contribution in [2.45, 2.75) is 32.5 Å². The Kier molecular flexibility index (Phi) is 7.11. The number of hydrogen-bond donors (Lipinski definition) is 4. The first-order chi connectivity index (χ1) is 17.0. The van der Waals surface area contributed by atoms with Gasteiger partial charge in [-0.2, -0.15) is 5.10 Å². The van der Waals surface area contributed by atoms with Gasteiger partial charge in [-0.1, -0.05) is 0 Å². The van der Waals surface area contributed by atoms with Gasteiger partial charge in [-0.25, -0.2) is 18.7 Å². The van der Waals surface area contributed by atoms with Crippen molar-refractivity contribution in [2.24, 2.45) is 12.8 Å². The number of hydrogen-bond acceptors (Lipinski definition) is 8. The number of aromatic nitrogens is 4. The molecule has 1 aromatic carbocycles. The highest BCUT2D eigenvalue weighted by Gasteiger charge is 2.24. The maximum absolute atomic E-state index is 14.9. The fourth-order valence-electron chi connectivity index (χ4n) is 3.50. The lowest BCUT2D eigenvalue weighted by Gasteiger charge is -2.18. The molecule has 4 aromatic rings. The van der Waals surface area contributed by atoms with Crippen LogP contribution in [0.2, 0.25) is 0 Å². The predicted molar refractivity (Wildman–Crippen MR) is 133 cm³/mol. The molecule has 0 aliphatic heterocycles. The van der Waals surface area contributed by atoms with Gasteiger partial charge in [0.1, 0.15) is 28.3 Å². The van der Waals surface area contributed by atoms with E-state index in [1.807, 2.05) is 13.2 Å². The molecule has 0 saturated heterocycles. The van der Waals surface area contributed by atoms with Crippen molar-refractivity contribution >= 4 is 28.1 Å². The van der Waals surface area contributed by atoms with E-state index in [2.05, 4.69) is 25.7 Å². The number of nitrogens with one attached hydrogen (secondary N) is 2. The molecule has 5 N–H and O–H groups in total. The van der Waals surface area contributed by atoms with E-state index in [-0.39, 0.29) is 26.6 Å². The number of thiophene rings is 1. The van der Waals surface area contributed by atoms with E-state index < -0.39 is 23.1 Å². The molecule has 3 aromatic heterocycles. The van der Waals surface area contributed by atoms with Crippen LogP contribution in [-0.2, 0) is 25.7 Å². The topological polar surface area (TPSA) is 131 Å². The standard InChI is InChI=1S/C24H25F2N7O2S/c1-24(2,35)14-6-16(25)21(17(26)7-14)18-8-15(22(27)34)23(36-18)32-19-4-5-29-20(31-19)11-28-9-13-10-30-33(3)12-13/h4-8,10,12,28,35H,9,11H2,1-3H3,(H2,27,34)(H,29,31,32). The van der Waals surface area contributed by atoms with Crippen LogP contribution < -0.4 is 16.4 Å². The second-order valence-corrected chi connectivity index (χ2v) is 9.75. The molecule has 0 fully saturated rings. The Morgan fingerprint density at radius 3 is 2.56 bits per heavy atom. The fraction of sp³-hybridized carbons (Fsp3) is 0.250. The lowest BCUT2D eigenvalue weighted by molar-refractivity contribution is 0.0778. The minimum absolute atomic E-state index is 0.0650. The Morgan fingerprint density at radius 2 is 1.94 bits per heavy atom. The lowest BCUT2D eigenvalue weighted by atomic mass is 9.96. The third-order valence-electron chi connectivity index (χ3n) is 5.31. The van der Waals surface area contributed by atoms with E-state index in [1.165, 1.54) is 19.9 Å². The number of anilines is 2. The molecule has 0 saturated carbocycles. The summed E-state index contributed by atoms with van der Waals surface area (Å²) in [4.78, 5) is 20.9. The highest BCUT2D eigenvalue weighted by atomic mass is 32.1. The average molecular weight is 514 g/mol. The lowest BCUT2D eigenvalue weighted by Crippen LogP contribution is -2.16. The van der Waals surface area contributed by atoms with E-state index >= 15 is 0 Å². The smallest absolute Gasteiger partial charge is 0.251 e. The zero-order valence-electron chi connectivity index (χ0n) is 19.8. The molecule has 12 heteroatoms. The Balaban J connectivity index is 1.56. The number of amides is 1. The molecule has 0 aliphatic carbocycles. The number of aryl methyl sites for hydroxylation is 1. The summed E-state index contributed by atoms with van der Waals surface area (Å²) >= 11 is 0.961. The van der Waals surface area contributed by atoms with Crippen LogP contribution in [0.5, 0.6) is 0 Å². The maximum atomic E-state index is 14.9. The molecule has 0 aliphatic rings. The van der Waals surface area contributed by atoms with Crippen molar-refractivity contribution in [2.75, 3.05) is 5.32 Å². The van der Waals surface area contributed by atoms with Crippen LogP contribution in [0.4, 0.5) is 19.6 Å². The van der Waals surface area contributed by atoms with Crippen LogP contribution in [0.25, 0.3) is 10.4 Å². The normalized spacial score (nSPS) is 11.6. The van der Waals surface area contributed by atoms with Crippen LogP contribution >= 0.6 is 11.3 Å². The Labute approximate surface area is 210 Å². The fourth-order valence-corrected chi connectivity index (χ4v) is 4.62. The molecule has 188 valence electrons. The molecule has 0 bridgehead atoms. The van der Waals surface area contributed by atoms with Crippen LogP contribution in [0.15, 0.2) is 42.9 Å². The van der Waals surface area contributed by atoms with E-state index in [4.69, 9.17) is 5.73 Å². The molecule has 3 heterocycles. The summed E-state index contributed by atoms with van der Waals surface area (Å²) in [5.74, 6) is -1.60. The van der Waals surface area contributed by atoms with Crippen LogP contribution in [0.3, 0.4) is 0 Å². The van der Waals surface area contributed by atoms with Crippen molar-refractivity contribution in [3.05, 3.63) is 77.0 Å². The van der Waals surface area contributed by atoms with Gasteiger partial charge in [-0.15, -0.1) is 11.3 Å². The summed E-state index contributed by atoms with van der Waals surface area (Å²) < 4.78 is 31.5. The summed E-state index contributed by atoms with van der Waals surface area (Å²) in [5, 5.41) is 20.7. The van der Waals surface area contributed by atoms with E-state index in [9.17, 15) is 18.7 Å². The van der Waals surface area contributed by atoms with Gasteiger partial charge in [0.25, 0.3) is 5.91 Å². The van der Waals surface area contributed by atoms with Crippen LogP contribution in [-0.4, -0.2) is 30.8 Å². The molecule has 0 radical (unpaired) electrons. The first-order valence-corrected chi connectivity index (χ1v) is 11.8. The third-order valence-corrected chi connectivity index (χ3v) is 6.38. The maximum Gasteiger partial charge on any atom is 0.251 e. The molecule has 0 unspecified atom stereocenters. The second kappa shape index (κ2) is 10.1. The molecule has 4 rings (SSSR count). The number of rotatable bonds is 9. The van der Waals surface area contributed by atoms with Crippen molar-refractivity contribution in [1.82, 2.24) is 25.1 Å². The number of aliphatic hydroxyl groups is 1. The van der Waals surface area contributed by atoms with Gasteiger partial charge in [0, 0.05) is 36.4 Å². The van der Waals surface area contributed by atoms with Gasteiger partial charge in [0.05, 0.1) is 29.5 Å². The van der Waals surface area contributed by atoms with Gasteiger partial charge >= 0.3 is 0 Å². The minimum atomic E-state index is -1.42. The molecule has 1 amide bonds. The first-order valence-electron chi connectivity index (χ1n) is 10.9.